The molecule has 2 aromatic rings. The van der Waals surface area contributed by atoms with E-state index in [1.165, 1.54) is 30.7 Å². The van der Waals surface area contributed by atoms with Gasteiger partial charge in [-0.15, -0.1) is 0 Å². The summed E-state index contributed by atoms with van der Waals surface area (Å²) in [6, 6.07) is 13.0. The molecule has 2 N–H and O–H groups in total. The molecule has 1 fully saturated rings. The van der Waals surface area contributed by atoms with Crippen molar-refractivity contribution in [2.75, 3.05) is 29.9 Å². The van der Waals surface area contributed by atoms with Gasteiger partial charge in [-0.25, -0.2) is 13.1 Å². The van der Waals surface area contributed by atoms with E-state index in [4.69, 9.17) is 16.9 Å². The molecule has 158 valence electrons. The lowest BCUT2D eigenvalue weighted by Gasteiger charge is -2.30. The van der Waals surface area contributed by atoms with E-state index in [2.05, 4.69) is 14.9 Å². The van der Waals surface area contributed by atoms with Crippen LogP contribution >= 0.6 is 11.6 Å². The van der Waals surface area contributed by atoms with Crippen LogP contribution in [-0.2, 0) is 10.0 Å². The first kappa shape index (κ1) is 22.1. The fourth-order valence-corrected chi connectivity index (χ4v) is 4.53. The largest absolute Gasteiger partial charge is 0.370 e. The normalized spacial score (nSPS) is 14.2. The van der Waals surface area contributed by atoms with Gasteiger partial charge < -0.3 is 10.2 Å². The van der Waals surface area contributed by atoms with Crippen LogP contribution in [-0.4, -0.2) is 34.0 Å². The third kappa shape index (κ3) is 5.51. The van der Waals surface area contributed by atoms with Crippen molar-refractivity contribution in [1.29, 1.82) is 5.26 Å². The first-order valence-electron chi connectivity index (χ1n) is 9.73. The van der Waals surface area contributed by atoms with Gasteiger partial charge in [-0.3, -0.25) is 4.79 Å². The summed E-state index contributed by atoms with van der Waals surface area (Å²) in [6.07, 6.45) is 3.49. The van der Waals surface area contributed by atoms with Gasteiger partial charge in [0.2, 0.25) is 10.0 Å². The van der Waals surface area contributed by atoms with Crippen molar-refractivity contribution in [2.24, 2.45) is 0 Å². The Morgan fingerprint density at radius 1 is 1.10 bits per heavy atom. The highest BCUT2D eigenvalue weighted by atomic mass is 35.5. The zero-order chi connectivity index (χ0) is 21.6. The molecule has 1 aliphatic rings. The van der Waals surface area contributed by atoms with Crippen molar-refractivity contribution in [3.05, 3.63) is 53.1 Å². The third-order valence-corrected chi connectivity index (χ3v) is 6.57. The molecule has 7 nitrogen and oxygen atoms in total. The van der Waals surface area contributed by atoms with Gasteiger partial charge >= 0.3 is 0 Å². The second-order valence-electron chi connectivity index (χ2n) is 6.99. The summed E-state index contributed by atoms with van der Waals surface area (Å²) in [5, 5.41) is 12.0. The number of carbonyl (C=O) groups is 1. The topological polar surface area (TPSA) is 102 Å². The van der Waals surface area contributed by atoms with Crippen LogP contribution in [0.15, 0.2) is 47.4 Å². The minimum absolute atomic E-state index is 0.0359. The molecule has 3 rings (SSSR count). The number of halogens is 1. The Kier molecular flexibility index (Phi) is 7.32. The van der Waals surface area contributed by atoms with Crippen molar-refractivity contribution >= 4 is 38.9 Å². The van der Waals surface area contributed by atoms with Crippen LogP contribution < -0.4 is 14.9 Å². The maximum absolute atomic E-state index is 12.8. The van der Waals surface area contributed by atoms with E-state index in [1.807, 2.05) is 12.1 Å². The van der Waals surface area contributed by atoms with Crippen molar-refractivity contribution in [3.63, 3.8) is 0 Å². The Labute approximate surface area is 181 Å². The molecule has 0 spiro atoms. The number of hydrogen-bond donors (Lipinski definition) is 2. The highest BCUT2D eigenvalue weighted by Crippen LogP contribution is 2.31. The van der Waals surface area contributed by atoms with Gasteiger partial charge in [0.05, 0.1) is 22.3 Å². The van der Waals surface area contributed by atoms with Gasteiger partial charge in [-0.1, -0.05) is 11.6 Å². The van der Waals surface area contributed by atoms with Crippen LogP contribution in [0.4, 0.5) is 11.4 Å². The second-order valence-corrected chi connectivity index (χ2v) is 9.20. The van der Waals surface area contributed by atoms with Crippen LogP contribution in [0.3, 0.4) is 0 Å². The molecule has 0 atom stereocenters. The molecule has 9 heteroatoms. The molecule has 1 saturated heterocycles. The van der Waals surface area contributed by atoms with Crippen LogP contribution in [0.1, 0.15) is 36.0 Å². The van der Waals surface area contributed by atoms with Crippen LogP contribution in [0.5, 0.6) is 0 Å². The van der Waals surface area contributed by atoms with Gasteiger partial charge in [0.1, 0.15) is 0 Å². The average Bonchev–Trinajstić information content (AvgIpc) is 2.75. The highest BCUT2D eigenvalue weighted by Gasteiger charge is 2.18. The zero-order valence-corrected chi connectivity index (χ0v) is 18.0. The molecule has 0 radical (unpaired) electrons. The van der Waals surface area contributed by atoms with E-state index in [0.717, 1.165) is 31.6 Å². The molecular formula is C21H23ClN4O3S. The number of nitriles is 1. The third-order valence-electron chi connectivity index (χ3n) is 4.86. The van der Waals surface area contributed by atoms with Gasteiger partial charge in [0, 0.05) is 36.6 Å². The summed E-state index contributed by atoms with van der Waals surface area (Å²) >= 11 is 6.14. The Bertz CT molecular complexity index is 1040. The summed E-state index contributed by atoms with van der Waals surface area (Å²) in [6.45, 7) is 1.89. The van der Waals surface area contributed by atoms with E-state index in [9.17, 15) is 13.2 Å². The lowest BCUT2D eigenvalue weighted by Crippen LogP contribution is -2.30. The van der Waals surface area contributed by atoms with Crippen molar-refractivity contribution in [1.82, 2.24) is 4.72 Å². The molecule has 30 heavy (non-hydrogen) atoms. The minimum atomic E-state index is -3.72. The molecule has 0 unspecified atom stereocenters. The predicted octanol–water partition coefficient (Wildman–Crippen LogP) is 3.77. The fourth-order valence-electron chi connectivity index (χ4n) is 3.32. The zero-order valence-electron chi connectivity index (χ0n) is 16.4. The summed E-state index contributed by atoms with van der Waals surface area (Å²) in [5.74, 6) is -0.350. The van der Waals surface area contributed by atoms with Crippen molar-refractivity contribution < 1.29 is 13.2 Å². The van der Waals surface area contributed by atoms with E-state index in [0.29, 0.717) is 16.3 Å². The SMILES string of the molecule is N#CCCNS(=O)(=O)c1ccc(C(=O)Nc2cc(Cl)ccc2N2CCCCC2)cc1. The first-order chi connectivity index (χ1) is 14.4. The number of benzene rings is 2. The van der Waals surface area contributed by atoms with E-state index < -0.39 is 10.0 Å². The number of amides is 1. The molecular weight excluding hydrogens is 424 g/mol. The summed E-state index contributed by atoms with van der Waals surface area (Å²) in [7, 11) is -3.72. The Morgan fingerprint density at radius 2 is 1.80 bits per heavy atom. The number of hydrogen-bond acceptors (Lipinski definition) is 5. The number of nitrogens with zero attached hydrogens (tertiary/aromatic N) is 2. The predicted molar refractivity (Wildman–Crippen MR) is 117 cm³/mol. The molecule has 1 heterocycles. The molecule has 1 amide bonds. The quantitative estimate of drug-likeness (QED) is 0.630. The lowest BCUT2D eigenvalue weighted by molar-refractivity contribution is 0.102. The Morgan fingerprint density at radius 3 is 2.47 bits per heavy atom. The highest BCUT2D eigenvalue weighted by molar-refractivity contribution is 7.89. The Hall–Kier alpha value is -2.60. The van der Waals surface area contributed by atoms with E-state index in [-0.39, 0.29) is 23.8 Å². The van der Waals surface area contributed by atoms with Gasteiger partial charge in [-0.05, 0) is 61.7 Å². The molecule has 2 aromatic carbocycles. The lowest BCUT2D eigenvalue weighted by atomic mass is 10.1. The fraction of sp³-hybridized carbons (Fsp3) is 0.333. The van der Waals surface area contributed by atoms with Gasteiger partial charge in [-0.2, -0.15) is 5.26 Å². The van der Waals surface area contributed by atoms with Gasteiger partial charge in [0.25, 0.3) is 5.91 Å². The number of sulfonamides is 1. The number of rotatable bonds is 7. The maximum atomic E-state index is 12.8. The summed E-state index contributed by atoms with van der Waals surface area (Å²) in [4.78, 5) is 15.0. The minimum Gasteiger partial charge on any atom is -0.370 e. The number of carbonyl (C=O) groups excluding carboxylic acids is 1. The number of anilines is 2. The van der Waals surface area contributed by atoms with Crippen LogP contribution in [0.25, 0.3) is 0 Å². The van der Waals surface area contributed by atoms with E-state index >= 15 is 0 Å². The average molecular weight is 447 g/mol. The van der Waals surface area contributed by atoms with Crippen LogP contribution in [0.2, 0.25) is 5.02 Å². The monoisotopic (exact) mass is 446 g/mol. The number of piperidine rings is 1. The Balaban J connectivity index is 1.75. The first-order valence-corrected chi connectivity index (χ1v) is 11.6. The summed E-state index contributed by atoms with van der Waals surface area (Å²) in [5.41, 5.74) is 1.88. The molecule has 0 aromatic heterocycles. The molecule has 1 aliphatic heterocycles. The molecule has 0 saturated carbocycles. The maximum Gasteiger partial charge on any atom is 0.255 e. The van der Waals surface area contributed by atoms with Crippen molar-refractivity contribution in [3.8, 4) is 6.07 Å². The van der Waals surface area contributed by atoms with Gasteiger partial charge in [0.15, 0.2) is 0 Å². The van der Waals surface area contributed by atoms with Crippen molar-refractivity contribution in [2.45, 2.75) is 30.6 Å². The van der Waals surface area contributed by atoms with E-state index in [1.54, 1.807) is 12.1 Å². The summed E-state index contributed by atoms with van der Waals surface area (Å²) < 4.78 is 26.7. The molecule has 0 aliphatic carbocycles. The van der Waals surface area contributed by atoms with Crippen LogP contribution in [0, 0.1) is 11.3 Å². The number of nitrogens with one attached hydrogen (secondary N) is 2. The smallest absolute Gasteiger partial charge is 0.255 e. The standard InChI is InChI=1S/C21H23ClN4O3S/c22-17-7-10-20(26-13-2-1-3-14-26)19(15-17)25-21(27)16-5-8-18(9-6-16)30(28,29)24-12-4-11-23/h5-10,15,24H,1-4,12-14H2,(H,25,27). The second kappa shape index (κ2) is 9.94. The molecule has 0 bridgehead atoms.